The van der Waals surface area contributed by atoms with E-state index in [0.29, 0.717) is 16.5 Å². The van der Waals surface area contributed by atoms with Gasteiger partial charge in [0.15, 0.2) is 0 Å². The molecule has 3 aromatic carbocycles. The zero-order chi connectivity index (χ0) is 16.4. The monoisotopic (exact) mass is 352 g/mol. The summed E-state index contributed by atoms with van der Waals surface area (Å²) < 4.78 is 31.5. The first kappa shape index (κ1) is 18.6. The maximum absolute atomic E-state index is 11.2. The molecule has 0 saturated heterocycles. The summed E-state index contributed by atoms with van der Waals surface area (Å²) in [5.41, 5.74) is 0.853. The molecule has 2 N–H and O–H groups in total. The molecule has 0 spiro atoms. The van der Waals surface area contributed by atoms with Gasteiger partial charge in [-0.1, -0.05) is 30.3 Å². The van der Waals surface area contributed by atoms with Crippen molar-refractivity contribution in [2.75, 3.05) is 0 Å². The summed E-state index contributed by atoms with van der Waals surface area (Å²) in [6.07, 6.45) is 0. The molecule has 0 saturated carbocycles. The van der Waals surface area contributed by atoms with Crippen molar-refractivity contribution in [3.8, 4) is 5.75 Å². The number of phenols is 1. The number of benzene rings is 3. The Hall–Kier alpha value is -1.77. The second-order valence-electron chi connectivity index (χ2n) is 4.83. The van der Waals surface area contributed by atoms with Crippen molar-refractivity contribution < 1.29 is 18.1 Å². The van der Waals surface area contributed by atoms with Crippen LogP contribution in [0.15, 0.2) is 75.8 Å². The molecule has 24 heavy (non-hydrogen) atoms. The van der Waals surface area contributed by atoms with E-state index < -0.39 is 10.1 Å². The van der Waals surface area contributed by atoms with Gasteiger partial charge in [0.2, 0.25) is 0 Å². The van der Waals surface area contributed by atoms with Crippen molar-refractivity contribution in [2.24, 2.45) is 10.2 Å². The first-order valence-electron chi connectivity index (χ1n) is 6.65. The molecule has 0 unspecified atom stereocenters. The fourth-order valence-corrected chi connectivity index (χ4v) is 2.66. The third-order valence-corrected chi connectivity index (χ3v) is 4.11. The second kappa shape index (κ2) is 7.42. The predicted molar refractivity (Wildman–Crippen MR) is 93.2 cm³/mol. The molecule has 0 aliphatic rings. The zero-order valence-electron chi connectivity index (χ0n) is 11.8. The van der Waals surface area contributed by atoms with Crippen molar-refractivity contribution in [3.05, 3.63) is 60.7 Å². The molecule has 8 heteroatoms. The number of hydrogen-bond donors (Lipinski definition) is 2. The van der Waals surface area contributed by atoms with Gasteiger partial charge in [-0.3, -0.25) is 4.55 Å². The Morgan fingerprint density at radius 2 is 1.58 bits per heavy atom. The SMILES string of the molecule is O=S(=O)(O)c1ccc2c(N=Nc3ccccc3)c(O)ccc2c1.[NaH]. The predicted octanol–water partition coefficient (Wildman–Crippen LogP) is 3.56. The summed E-state index contributed by atoms with van der Waals surface area (Å²) in [7, 11) is -4.29. The zero-order valence-corrected chi connectivity index (χ0v) is 12.6. The van der Waals surface area contributed by atoms with Crippen LogP contribution in [-0.2, 0) is 10.1 Å². The summed E-state index contributed by atoms with van der Waals surface area (Å²) in [5.74, 6) is -0.0724. The van der Waals surface area contributed by atoms with Crippen LogP contribution in [0.5, 0.6) is 5.75 Å². The Kier molecular flexibility index (Phi) is 5.74. The van der Waals surface area contributed by atoms with Crippen LogP contribution in [0, 0.1) is 0 Å². The average Bonchev–Trinajstić information content (AvgIpc) is 2.53. The van der Waals surface area contributed by atoms with Gasteiger partial charge in [0.1, 0.15) is 11.4 Å². The van der Waals surface area contributed by atoms with Crippen molar-refractivity contribution in [2.45, 2.75) is 4.90 Å². The minimum absolute atomic E-state index is 0. The first-order chi connectivity index (χ1) is 10.9. The third-order valence-electron chi connectivity index (χ3n) is 3.26. The van der Waals surface area contributed by atoms with Gasteiger partial charge in [-0.25, -0.2) is 0 Å². The molecule has 0 fully saturated rings. The molecule has 0 aromatic heterocycles. The van der Waals surface area contributed by atoms with Gasteiger partial charge in [0.25, 0.3) is 10.1 Å². The van der Waals surface area contributed by atoms with Crippen molar-refractivity contribution in [1.29, 1.82) is 0 Å². The van der Waals surface area contributed by atoms with Crippen LogP contribution in [0.1, 0.15) is 0 Å². The van der Waals surface area contributed by atoms with Gasteiger partial charge in [0, 0.05) is 5.39 Å². The summed E-state index contributed by atoms with van der Waals surface area (Å²) in [6, 6.07) is 16.0. The molecule has 0 radical (unpaired) electrons. The van der Waals surface area contributed by atoms with E-state index in [1.54, 1.807) is 18.2 Å². The molecular weight excluding hydrogens is 339 g/mol. The molecule has 3 aromatic rings. The van der Waals surface area contributed by atoms with Gasteiger partial charge in [-0.05, 0) is 35.7 Å². The van der Waals surface area contributed by atoms with Crippen LogP contribution in [0.25, 0.3) is 10.8 Å². The standard InChI is InChI=1S/C16H12N2O4S.Na.H/c19-15-9-6-11-10-13(23(20,21)22)7-8-14(11)16(15)18-17-12-4-2-1-3-5-12;;/h1-10,19H,(H,20,21,22);;. The van der Waals surface area contributed by atoms with Crippen molar-refractivity contribution >= 4 is 61.8 Å². The molecule has 6 nitrogen and oxygen atoms in total. The fourth-order valence-electron chi connectivity index (χ4n) is 2.15. The molecule has 0 bridgehead atoms. The van der Waals surface area contributed by atoms with Gasteiger partial charge >= 0.3 is 29.6 Å². The van der Waals surface area contributed by atoms with E-state index in [9.17, 15) is 13.5 Å². The van der Waals surface area contributed by atoms with Gasteiger partial charge < -0.3 is 5.11 Å². The van der Waals surface area contributed by atoms with Crippen LogP contribution in [0.4, 0.5) is 11.4 Å². The summed E-state index contributed by atoms with van der Waals surface area (Å²) in [4.78, 5) is -0.221. The molecular formula is C16H13N2NaO4S. The van der Waals surface area contributed by atoms with Crippen LogP contribution < -0.4 is 0 Å². The second-order valence-corrected chi connectivity index (χ2v) is 6.25. The van der Waals surface area contributed by atoms with Crippen LogP contribution in [-0.4, -0.2) is 47.6 Å². The maximum atomic E-state index is 11.2. The number of nitrogens with zero attached hydrogens (tertiary/aromatic N) is 2. The van der Waals surface area contributed by atoms with Crippen LogP contribution in [0.2, 0.25) is 0 Å². The first-order valence-corrected chi connectivity index (χ1v) is 8.09. The molecule has 118 valence electrons. The van der Waals surface area contributed by atoms with Gasteiger partial charge in [-0.15, -0.1) is 5.11 Å². The Morgan fingerprint density at radius 3 is 2.25 bits per heavy atom. The Labute approximate surface area is 160 Å². The minimum atomic E-state index is -4.29. The molecule has 0 aliphatic carbocycles. The average molecular weight is 352 g/mol. The van der Waals surface area contributed by atoms with Gasteiger partial charge in [-0.2, -0.15) is 13.5 Å². The summed E-state index contributed by atoms with van der Waals surface area (Å²) in [5, 5.41) is 19.1. The number of azo groups is 1. The number of fused-ring (bicyclic) bond motifs is 1. The van der Waals surface area contributed by atoms with E-state index in [0.717, 1.165) is 0 Å². The Bertz CT molecular complexity index is 1010. The molecule has 0 amide bonds. The van der Waals surface area contributed by atoms with Crippen molar-refractivity contribution in [1.82, 2.24) is 0 Å². The molecule has 3 rings (SSSR count). The van der Waals surface area contributed by atoms with E-state index in [4.69, 9.17) is 4.55 Å². The van der Waals surface area contributed by atoms with E-state index in [-0.39, 0.29) is 45.9 Å². The fraction of sp³-hybridized carbons (Fsp3) is 0. The summed E-state index contributed by atoms with van der Waals surface area (Å²) in [6.45, 7) is 0. The quantitative estimate of drug-likeness (QED) is 0.428. The number of rotatable bonds is 3. The number of phenolic OH excluding ortho intramolecular Hbond substituents is 1. The molecule has 0 aliphatic heterocycles. The van der Waals surface area contributed by atoms with Crippen molar-refractivity contribution in [3.63, 3.8) is 0 Å². The van der Waals surface area contributed by atoms with E-state index >= 15 is 0 Å². The van der Waals surface area contributed by atoms with Crippen LogP contribution >= 0.6 is 0 Å². The molecule has 0 atom stereocenters. The number of aromatic hydroxyl groups is 1. The summed E-state index contributed by atoms with van der Waals surface area (Å²) >= 11 is 0. The normalized spacial score (nSPS) is 11.5. The topological polar surface area (TPSA) is 99.3 Å². The van der Waals surface area contributed by atoms with E-state index in [1.807, 2.05) is 18.2 Å². The molecule has 0 heterocycles. The van der Waals surface area contributed by atoms with Crippen LogP contribution in [0.3, 0.4) is 0 Å². The Morgan fingerprint density at radius 1 is 0.875 bits per heavy atom. The van der Waals surface area contributed by atoms with E-state index in [2.05, 4.69) is 10.2 Å². The van der Waals surface area contributed by atoms with Gasteiger partial charge in [0.05, 0.1) is 10.6 Å². The third kappa shape index (κ3) is 4.00. The Balaban J connectivity index is 0.00000208. The van der Waals surface area contributed by atoms with E-state index in [1.165, 1.54) is 24.3 Å². The number of hydrogen-bond acceptors (Lipinski definition) is 5.